The number of hydrogen-bond donors (Lipinski definition) is 0. The zero-order valence-electron chi connectivity index (χ0n) is 19.1. The molecular weight excluding hydrogens is 444 g/mol. The van der Waals surface area contributed by atoms with Gasteiger partial charge in [0.05, 0.1) is 16.5 Å². The molecule has 0 saturated carbocycles. The van der Waals surface area contributed by atoms with Gasteiger partial charge in [-0.1, -0.05) is 60.7 Å². The van der Waals surface area contributed by atoms with E-state index in [1.54, 1.807) is 28.8 Å². The predicted molar refractivity (Wildman–Crippen MR) is 138 cm³/mol. The topological polar surface area (TPSA) is 60.2 Å². The molecule has 2 heterocycles. The number of aromatic nitrogens is 3. The molecule has 2 aromatic heterocycles. The van der Waals surface area contributed by atoms with E-state index in [4.69, 9.17) is 9.72 Å². The number of anilines is 1. The lowest BCUT2D eigenvalue weighted by Crippen LogP contribution is -2.36. The number of para-hydroxylation sites is 1. The first-order valence-corrected chi connectivity index (χ1v) is 12.3. The van der Waals surface area contributed by atoms with E-state index in [2.05, 4.69) is 36.2 Å². The van der Waals surface area contributed by atoms with Gasteiger partial charge < -0.3 is 9.30 Å². The molecule has 6 nitrogen and oxygen atoms in total. The van der Waals surface area contributed by atoms with Crippen LogP contribution in [0.25, 0.3) is 21.0 Å². The molecule has 0 saturated heterocycles. The standard InChI is InChI=1S/C27H26N4O2S/c1-2-20-9-5-10-24-26(20)29-27(34-24)31(15-6-14-30-16-13-28-19-30)25(32)18-33-23-12-11-21-7-3-4-8-22(21)17-23/h3-5,7-13,16-17,19H,2,6,14-15,18H2,1H3. The second-order valence-electron chi connectivity index (χ2n) is 8.11. The monoisotopic (exact) mass is 470 g/mol. The fourth-order valence-electron chi connectivity index (χ4n) is 4.03. The maximum atomic E-state index is 13.4. The van der Waals surface area contributed by atoms with E-state index < -0.39 is 0 Å². The van der Waals surface area contributed by atoms with Crippen molar-refractivity contribution in [1.29, 1.82) is 0 Å². The number of ether oxygens (including phenoxy) is 1. The largest absolute Gasteiger partial charge is 0.484 e. The Morgan fingerprint density at radius 2 is 1.97 bits per heavy atom. The van der Waals surface area contributed by atoms with Gasteiger partial charge in [-0.3, -0.25) is 9.69 Å². The third kappa shape index (κ3) is 4.79. The molecule has 0 unspecified atom stereocenters. The maximum absolute atomic E-state index is 13.4. The maximum Gasteiger partial charge on any atom is 0.266 e. The zero-order chi connectivity index (χ0) is 23.3. The first-order valence-electron chi connectivity index (χ1n) is 11.5. The van der Waals surface area contributed by atoms with Gasteiger partial charge in [0.15, 0.2) is 11.7 Å². The van der Waals surface area contributed by atoms with Crippen molar-refractivity contribution in [3.05, 3.63) is 84.9 Å². The van der Waals surface area contributed by atoms with E-state index in [-0.39, 0.29) is 12.5 Å². The summed E-state index contributed by atoms with van der Waals surface area (Å²) in [5.41, 5.74) is 2.17. The number of aryl methyl sites for hydroxylation is 2. The van der Waals surface area contributed by atoms with Gasteiger partial charge in [-0.15, -0.1) is 0 Å². The van der Waals surface area contributed by atoms with Gasteiger partial charge in [0, 0.05) is 25.5 Å². The molecular formula is C27H26N4O2S. The quantitative estimate of drug-likeness (QED) is 0.277. The molecule has 0 fully saturated rings. The molecule has 0 N–H and O–H groups in total. The smallest absolute Gasteiger partial charge is 0.266 e. The van der Waals surface area contributed by atoms with Crippen LogP contribution in [0.2, 0.25) is 0 Å². The molecule has 0 atom stereocenters. The van der Waals surface area contributed by atoms with Crippen LogP contribution in [-0.2, 0) is 17.8 Å². The van der Waals surface area contributed by atoms with E-state index >= 15 is 0 Å². The van der Waals surface area contributed by atoms with Crippen LogP contribution in [0.3, 0.4) is 0 Å². The number of fused-ring (bicyclic) bond motifs is 2. The molecule has 5 aromatic rings. The minimum atomic E-state index is -0.101. The summed E-state index contributed by atoms with van der Waals surface area (Å²) < 4.78 is 9.03. The number of benzene rings is 3. The highest BCUT2D eigenvalue weighted by Crippen LogP contribution is 2.31. The second kappa shape index (κ2) is 10.1. The van der Waals surface area contributed by atoms with Crippen molar-refractivity contribution in [2.24, 2.45) is 0 Å². The summed E-state index contributed by atoms with van der Waals surface area (Å²) in [6.07, 6.45) is 7.18. The fourth-order valence-corrected chi connectivity index (χ4v) is 5.09. The summed E-state index contributed by atoms with van der Waals surface area (Å²) in [5.74, 6) is 0.582. The third-order valence-corrected chi connectivity index (χ3v) is 6.89. The van der Waals surface area contributed by atoms with E-state index in [9.17, 15) is 4.79 Å². The summed E-state index contributed by atoms with van der Waals surface area (Å²) in [7, 11) is 0. The molecule has 3 aromatic carbocycles. The van der Waals surface area contributed by atoms with Crippen molar-refractivity contribution in [1.82, 2.24) is 14.5 Å². The first-order chi connectivity index (χ1) is 16.7. The van der Waals surface area contributed by atoms with Gasteiger partial charge in [0.1, 0.15) is 5.75 Å². The second-order valence-corrected chi connectivity index (χ2v) is 9.12. The first kappa shape index (κ1) is 22.1. The normalized spacial score (nSPS) is 11.2. The van der Waals surface area contributed by atoms with Crippen LogP contribution in [-0.4, -0.2) is 33.6 Å². The van der Waals surface area contributed by atoms with Gasteiger partial charge in [0.2, 0.25) is 0 Å². The minimum Gasteiger partial charge on any atom is -0.484 e. The molecule has 0 bridgehead atoms. The average molecular weight is 471 g/mol. The van der Waals surface area contributed by atoms with Crippen LogP contribution in [0.5, 0.6) is 5.75 Å². The Bertz CT molecular complexity index is 1410. The lowest BCUT2D eigenvalue weighted by molar-refractivity contribution is -0.120. The van der Waals surface area contributed by atoms with Crippen LogP contribution in [0.1, 0.15) is 18.9 Å². The lowest BCUT2D eigenvalue weighted by Gasteiger charge is -2.20. The number of hydrogen-bond acceptors (Lipinski definition) is 5. The summed E-state index contributed by atoms with van der Waals surface area (Å²) >= 11 is 1.55. The molecule has 0 aliphatic heterocycles. The Kier molecular flexibility index (Phi) is 6.53. The molecule has 0 aliphatic carbocycles. The Hall–Kier alpha value is -3.71. The van der Waals surface area contributed by atoms with Crippen LogP contribution >= 0.6 is 11.3 Å². The Balaban J connectivity index is 1.35. The molecule has 1 amide bonds. The van der Waals surface area contributed by atoms with Crippen LogP contribution in [0, 0.1) is 0 Å². The van der Waals surface area contributed by atoms with Gasteiger partial charge in [-0.25, -0.2) is 9.97 Å². The number of nitrogens with zero attached hydrogens (tertiary/aromatic N) is 4. The number of carbonyl (C=O) groups is 1. The fraction of sp³-hybridized carbons (Fsp3) is 0.222. The SMILES string of the molecule is CCc1cccc2sc(N(CCCn3ccnc3)C(=O)COc3ccc4ccccc4c3)nc12. The van der Waals surface area contributed by atoms with Crippen molar-refractivity contribution < 1.29 is 9.53 Å². The van der Waals surface area contributed by atoms with E-state index in [1.165, 1.54) is 5.56 Å². The minimum absolute atomic E-state index is 0.0417. The van der Waals surface area contributed by atoms with E-state index in [0.29, 0.717) is 17.4 Å². The van der Waals surface area contributed by atoms with E-state index in [0.717, 1.165) is 40.4 Å². The molecule has 172 valence electrons. The summed E-state index contributed by atoms with van der Waals surface area (Å²) in [5, 5.41) is 2.94. The molecule has 0 spiro atoms. The van der Waals surface area contributed by atoms with Crippen molar-refractivity contribution in [2.45, 2.75) is 26.3 Å². The number of rotatable bonds is 9. The summed E-state index contributed by atoms with van der Waals surface area (Å²) in [6, 6.07) is 20.2. The van der Waals surface area contributed by atoms with Crippen LogP contribution in [0.4, 0.5) is 5.13 Å². The van der Waals surface area contributed by atoms with E-state index in [1.807, 2.05) is 47.2 Å². The zero-order valence-corrected chi connectivity index (χ0v) is 19.9. The summed E-state index contributed by atoms with van der Waals surface area (Å²) in [4.78, 5) is 24.1. The highest BCUT2D eigenvalue weighted by Gasteiger charge is 2.21. The van der Waals surface area contributed by atoms with Gasteiger partial charge in [0.25, 0.3) is 5.91 Å². The Morgan fingerprint density at radius 3 is 2.79 bits per heavy atom. The number of amides is 1. The molecule has 7 heteroatoms. The Labute approximate surface area is 202 Å². The Morgan fingerprint density at radius 1 is 1.09 bits per heavy atom. The molecule has 34 heavy (non-hydrogen) atoms. The van der Waals surface area contributed by atoms with Gasteiger partial charge in [-0.2, -0.15) is 0 Å². The number of carbonyl (C=O) groups excluding carboxylic acids is 1. The molecule has 0 radical (unpaired) electrons. The van der Waals surface area contributed by atoms with Crippen molar-refractivity contribution in [3.8, 4) is 5.75 Å². The third-order valence-electron chi connectivity index (χ3n) is 5.84. The predicted octanol–water partition coefficient (Wildman–Crippen LogP) is 5.71. The number of thiazole rings is 1. The van der Waals surface area contributed by atoms with Crippen LogP contribution < -0.4 is 9.64 Å². The number of imidazole rings is 1. The van der Waals surface area contributed by atoms with Crippen molar-refractivity contribution in [3.63, 3.8) is 0 Å². The van der Waals surface area contributed by atoms with Gasteiger partial charge >= 0.3 is 0 Å². The lowest BCUT2D eigenvalue weighted by atomic mass is 10.1. The average Bonchev–Trinajstić information content (AvgIpc) is 3.54. The van der Waals surface area contributed by atoms with Gasteiger partial charge in [-0.05, 0) is 47.4 Å². The van der Waals surface area contributed by atoms with Crippen LogP contribution in [0.15, 0.2) is 79.4 Å². The highest BCUT2D eigenvalue weighted by molar-refractivity contribution is 7.22. The molecule has 0 aliphatic rings. The summed E-state index contributed by atoms with van der Waals surface area (Å²) in [6.45, 7) is 3.42. The highest BCUT2D eigenvalue weighted by atomic mass is 32.1. The molecule has 5 rings (SSSR count). The van der Waals surface area contributed by atoms with Crippen molar-refractivity contribution in [2.75, 3.05) is 18.1 Å². The van der Waals surface area contributed by atoms with Crippen molar-refractivity contribution >= 4 is 43.4 Å².